The summed E-state index contributed by atoms with van der Waals surface area (Å²) in [6.45, 7) is 0.00933. The quantitative estimate of drug-likeness (QED) is 0.911. The predicted octanol–water partition coefficient (Wildman–Crippen LogP) is 2.67. The predicted molar refractivity (Wildman–Crippen MR) is 86.9 cm³/mol. The molecule has 0 bridgehead atoms. The van der Waals surface area contributed by atoms with Crippen molar-refractivity contribution in [3.8, 4) is 0 Å². The molecular formula is C17H18N2O2S. The van der Waals surface area contributed by atoms with E-state index in [0.717, 1.165) is 19.3 Å². The van der Waals surface area contributed by atoms with Crippen LogP contribution in [0.5, 0.6) is 0 Å². The molecule has 0 fully saturated rings. The van der Waals surface area contributed by atoms with Crippen LogP contribution in [0.25, 0.3) is 0 Å². The molecule has 114 valence electrons. The average Bonchev–Trinajstić information content (AvgIpc) is 3.07. The zero-order chi connectivity index (χ0) is 15.4. The fourth-order valence-electron chi connectivity index (χ4n) is 2.80. The molecule has 0 unspecified atom stereocenters. The number of carbonyl (C=O) groups excluding carboxylic acids is 2. The summed E-state index contributed by atoms with van der Waals surface area (Å²) in [5, 5.41) is 7.52. The lowest BCUT2D eigenvalue weighted by Crippen LogP contribution is -2.39. The summed E-state index contributed by atoms with van der Waals surface area (Å²) in [4.78, 5) is 24.5. The number of hydrogen-bond acceptors (Lipinski definition) is 3. The van der Waals surface area contributed by atoms with Crippen molar-refractivity contribution in [3.05, 3.63) is 57.8 Å². The Balaban J connectivity index is 1.55. The first kappa shape index (κ1) is 14.8. The summed E-state index contributed by atoms with van der Waals surface area (Å²) in [6.07, 6.45) is 3.09. The van der Waals surface area contributed by atoms with Crippen molar-refractivity contribution in [2.24, 2.45) is 0 Å². The molecule has 22 heavy (non-hydrogen) atoms. The molecule has 0 spiro atoms. The molecule has 0 aliphatic heterocycles. The minimum atomic E-state index is -0.200. The molecule has 2 amide bonds. The maximum absolute atomic E-state index is 12.1. The molecule has 1 aromatic carbocycles. The molecule has 0 radical (unpaired) electrons. The van der Waals surface area contributed by atoms with E-state index >= 15 is 0 Å². The topological polar surface area (TPSA) is 58.2 Å². The fraction of sp³-hybridized carbons (Fsp3) is 0.294. The van der Waals surface area contributed by atoms with Crippen LogP contribution < -0.4 is 10.6 Å². The molecular weight excluding hydrogens is 296 g/mol. The van der Waals surface area contributed by atoms with Gasteiger partial charge in [0, 0.05) is 0 Å². The molecule has 3 rings (SSSR count). The molecule has 0 saturated carbocycles. The van der Waals surface area contributed by atoms with Gasteiger partial charge in [-0.05, 0) is 41.8 Å². The van der Waals surface area contributed by atoms with Gasteiger partial charge in [0.2, 0.25) is 5.91 Å². The van der Waals surface area contributed by atoms with Crippen LogP contribution in [-0.4, -0.2) is 18.4 Å². The second-order valence-electron chi connectivity index (χ2n) is 5.37. The van der Waals surface area contributed by atoms with Gasteiger partial charge in [-0.2, -0.15) is 0 Å². The number of thiophene rings is 1. The van der Waals surface area contributed by atoms with Crippen LogP contribution in [0.4, 0.5) is 0 Å². The Morgan fingerprint density at radius 3 is 2.86 bits per heavy atom. The first-order valence-electron chi connectivity index (χ1n) is 7.43. The molecule has 1 aromatic heterocycles. The van der Waals surface area contributed by atoms with Crippen LogP contribution in [0.1, 0.15) is 39.7 Å². The largest absolute Gasteiger partial charge is 0.348 e. The van der Waals surface area contributed by atoms with E-state index in [0.29, 0.717) is 4.88 Å². The van der Waals surface area contributed by atoms with Crippen LogP contribution in [0.2, 0.25) is 0 Å². The molecule has 1 heterocycles. The molecule has 5 heteroatoms. The smallest absolute Gasteiger partial charge is 0.261 e. The van der Waals surface area contributed by atoms with Gasteiger partial charge < -0.3 is 10.6 Å². The number of fused-ring (bicyclic) bond motifs is 1. The van der Waals surface area contributed by atoms with Crippen molar-refractivity contribution >= 4 is 23.2 Å². The second kappa shape index (κ2) is 6.75. The molecule has 4 nitrogen and oxygen atoms in total. The summed E-state index contributed by atoms with van der Waals surface area (Å²) in [5.74, 6) is -0.346. The zero-order valence-electron chi connectivity index (χ0n) is 12.2. The summed E-state index contributed by atoms with van der Waals surface area (Å²) < 4.78 is 0. The highest BCUT2D eigenvalue weighted by Crippen LogP contribution is 2.29. The SMILES string of the molecule is O=C(CNC(=O)c1cccs1)N[C@H]1CCCc2ccccc21. The zero-order valence-corrected chi connectivity index (χ0v) is 13.0. The van der Waals surface area contributed by atoms with Crippen molar-refractivity contribution in [1.29, 1.82) is 0 Å². The van der Waals surface area contributed by atoms with Crippen molar-refractivity contribution in [2.45, 2.75) is 25.3 Å². The second-order valence-corrected chi connectivity index (χ2v) is 6.32. The van der Waals surface area contributed by atoms with Gasteiger partial charge in [-0.3, -0.25) is 9.59 Å². The van der Waals surface area contributed by atoms with Crippen LogP contribution in [0, 0.1) is 0 Å². The molecule has 2 N–H and O–H groups in total. The summed E-state index contributed by atoms with van der Waals surface area (Å²) in [7, 11) is 0. The fourth-order valence-corrected chi connectivity index (χ4v) is 3.44. The Bertz CT molecular complexity index is 667. The van der Waals surface area contributed by atoms with Crippen molar-refractivity contribution in [3.63, 3.8) is 0 Å². The van der Waals surface area contributed by atoms with E-state index in [9.17, 15) is 9.59 Å². The minimum absolute atomic E-state index is 0.00933. The number of carbonyl (C=O) groups is 2. The van der Waals surface area contributed by atoms with Gasteiger partial charge in [0.1, 0.15) is 0 Å². The molecule has 1 aliphatic carbocycles. The normalized spacial score (nSPS) is 16.6. The van der Waals surface area contributed by atoms with Gasteiger partial charge in [-0.25, -0.2) is 0 Å². The number of nitrogens with one attached hydrogen (secondary N) is 2. The lowest BCUT2D eigenvalue weighted by Gasteiger charge is -2.26. The van der Waals surface area contributed by atoms with E-state index in [4.69, 9.17) is 0 Å². The molecule has 1 aliphatic rings. The van der Waals surface area contributed by atoms with Crippen LogP contribution in [-0.2, 0) is 11.2 Å². The standard InChI is InChI=1S/C17H18N2O2S/c20-16(11-18-17(21)15-9-4-10-22-15)19-14-8-3-6-12-5-1-2-7-13(12)14/h1-2,4-5,7,9-10,14H,3,6,8,11H2,(H,18,21)(H,19,20)/t14-/m0/s1. The number of hydrogen-bond donors (Lipinski definition) is 2. The van der Waals surface area contributed by atoms with E-state index in [1.807, 2.05) is 23.6 Å². The highest BCUT2D eigenvalue weighted by atomic mass is 32.1. The Labute approximate surface area is 133 Å². The summed E-state index contributed by atoms with van der Waals surface area (Å²) >= 11 is 1.37. The number of aryl methyl sites for hydroxylation is 1. The molecule has 2 aromatic rings. The van der Waals surface area contributed by atoms with Gasteiger partial charge in [-0.1, -0.05) is 30.3 Å². The van der Waals surface area contributed by atoms with Crippen LogP contribution in [0.15, 0.2) is 41.8 Å². The van der Waals surface area contributed by atoms with Crippen LogP contribution in [0.3, 0.4) is 0 Å². The van der Waals surface area contributed by atoms with Gasteiger partial charge in [0.25, 0.3) is 5.91 Å². The Kier molecular flexibility index (Phi) is 4.53. The first-order chi connectivity index (χ1) is 10.7. The van der Waals surface area contributed by atoms with Gasteiger partial charge in [0.05, 0.1) is 17.5 Å². The van der Waals surface area contributed by atoms with Crippen molar-refractivity contribution in [1.82, 2.24) is 10.6 Å². The highest BCUT2D eigenvalue weighted by Gasteiger charge is 2.21. The average molecular weight is 314 g/mol. The number of rotatable bonds is 4. The third-order valence-electron chi connectivity index (χ3n) is 3.86. The van der Waals surface area contributed by atoms with Gasteiger partial charge >= 0.3 is 0 Å². The third-order valence-corrected chi connectivity index (χ3v) is 4.73. The number of amides is 2. The summed E-state index contributed by atoms with van der Waals surface area (Å²) in [5.41, 5.74) is 2.51. The maximum atomic E-state index is 12.1. The van der Waals surface area contributed by atoms with E-state index in [1.54, 1.807) is 6.07 Å². The monoisotopic (exact) mass is 314 g/mol. The summed E-state index contributed by atoms with van der Waals surface area (Å²) in [6, 6.07) is 11.8. The van der Waals surface area contributed by atoms with Gasteiger partial charge in [0.15, 0.2) is 0 Å². The van der Waals surface area contributed by atoms with E-state index in [-0.39, 0.29) is 24.4 Å². The Morgan fingerprint density at radius 1 is 1.18 bits per heavy atom. The third kappa shape index (κ3) is 3.36. The lowest BCUT2D eigenvalue weighted by molar-refractivity contribution is -0.121. The number of benzene rings is 1. The Hall–Kier alpha value is -2.14. The van der Waals surface area contributed by atoms with Crippen LogP contribution >= 0.6 is 11.3 Å². The first-order valence-corrected chi connectivity index (χ1v) is 8.31. The van der Waals surface area contributed by atoms with Crippen molar-refractivity contribution < 1.29 is 9.59 Å². The molecule has 0 saturated heterocycles. The lowest BCUT2D eigenvalue weighted by atomic mass is 9.88. The van der Waals surface area contributed by atoms with Gasteiger partial charge in [-0.15, -0.1) is 11.3 Å². The molecule has 1 atom stereocenters. The van der Waals surface area contributed by atoms with E-state index < -0.39 is 0 Å². The maximum Gasteiger partial charge on any atom is 0.261 e. The van der Waals surface area contributed by atoms with Crippen molar-refractivity contribution in [2.75, 3.05) is 6.54 Å². The minimum Gasteiger partial charge on any atom is -0.348 e. The van der Waals surface area contributed by atoms with E-state index in [2.05, 4.69) is 22.8 Å². The highest BCUT2D eigenvalue weighted by molar-refractivity contribution is 7.12. The Morgan fingerprint density at radius 2 is 2.05 bits per heavy atom. The van der Waals surface area contributed by atoms with E-state index in [1.165, 1.54) is 22.5 Å².